The first-order chi connectivity index (χ1) is 15.0. The number of fused-ring (bicyclic) bond motifs is 3. The van der Waals surface area contributed by atoms with Crippen LogP contribution in [0.1, 0.15) is 36.3 Å². The van der Waals surface area contributed by atoms with Crippen molar-refractivity contribution in [3.05, 3.63) is 59.7 Å². The van der Waals surface area contributed by atoms with Crippen LogP contribution in [0.3, 0.4) is 0 Å². The van der Waals surface area contributed by atoms with Gasteiger partial charge in [-0.1, -0.05) is 48.5 Å². The minimum atomic E-state index is -1.20. The molecule has 162 valence electrons. The highest BCUT2D eigenvalue weighted by molar-refractivity contribution is 5.82. The average Bonchev–Trinajstić information content (AvgIpc) is 3.06. The minimum Gasteiger partial charge on any atom is -0.479 e. The highest BCUT2D eigenvalue weighted by atomic mass is 16.5. The summed E-state index contributed by atoms with van der Waals surface area (Å²) in [5.41, 5.74) is 3.28. The molecule has 1 saturated carbocycles. The van der Waals surface area contributed by atoms with Crippen molar-refractivity contribution in [2.24, 2.45) is 0 Å². The number of carboxylic acid groups (broad SMARTS) is 1. The quantitative estimate of drug-likeness (QED) is 0.562. The second kappa shape index (κ2) is 8.77. The van der Waals surface area contributed by atoms with Gasteiger partial charge in [-0.3, -0.25) is 4.79 Å². The predicted molar refractivity (Wildman–Crippen MR) is 111 cm³/mol. The summed E-state index contributed by atoms with van der Waals surface area (Å²) in [6.07, 6.45) is 0.939. The van der Waals surface area contributed by atoms with Crippen LogP contribution >= 0.6 is 0 Å². The Kier molecular flexibility index (Phi) is 5.90. The number of benzene rings is 2. The van der Waals surface area contributed by atoms with E-state index >= 15 is 0 Å². The molecular formula is C23H24N2O6. The molecule has 2 amide bonds. The van der Waals surface area contributed by atoms with E-state index < -0.39 is 23.6 Å². The highest BCUT2D eigenvalue weighted by Gasteiger charge is 2.45. The van der Waals surface area contributed by atoms with Crippen molar-refractivity contribution in [2.75, 3.05) is 19.9 Å². The fourth-order valence-electron chi connectivity index (χ4n) is 4.04. The van der Waals surface area contributed by atoms with Gasteiger partial charge in [-0.25, -0.2) is 9.59 Å². The van der Waals surface area contributed by atoms with Gasteiger partial charge >= 0.3 is 12.1 Å². The summed E-state index contributed by atoms with van der Waals surface area (Å²) in [5, 5.41) is 14.0. The van der Waals surface area contributed by atoms with Crippen LogP contribution in [-0.2, 0) is 19.1 Å². The van der Waals surface area contributed by atoms with E-state index in [1.54, 1.807) is 0 Å². The van der Waals surface area contributed by atoms with Gasteiger partial charge in [0.1, 0.15) is 19.9 Å². The van der Waals surface area contributed by atoms with Crippen LogP contribution in [0.25, 0.3) is 11.1 Å². The first-order valence-electron chi connectivity index (χ1n) is 10.2. The van der Waals surface area contributed by atoms with Crippen LogP contribution < -0.4 is 10.6 Å². The van der Waals surface area contributed by atoms with E-state index in [0.717, 1.165) is 28.7 Å². The van der Waals surface area contributed by atoms with E-state index in [9.17, 15) is 19.5 Å². The molecule has 0 unspecified atom stereocenters. The van der Waals surface area contributed by atoms with Gasteiger partial charge in [-0.05, 0) is 41.5 Å². The third-order valence-electron chi connectivity index (χ3n) is 5.91. The van der Waals surface area contributed by atoms with E-state index in [1.807, 2.05) is 36.4 Å². The number of hydrogen-bond donors (Lipinski definition) is 3. The first kappa shape index (κ1) is 20.9. The number of aliphatic carboxylic acids is 1. The molecule has 1 fully saturated rings. The normalized spacial score (nSPS) is 15.9. The Labute approximate surface area is 179 Å². The lowest BCUT2D eigenvalue weighted by Gasteiger charge is -2.37. The number of carbonyl (C=O) groups is 3. The number of nitrogens with one attached hydrogen (secondary N) is 2. The zero-order chi connectivity index (χ0) is 21.8. The minimum absolute atomic E-state index is 0.0601. The number of hydrogen-bond acceptors (Lipinski definition) is 5. The van der Waals surface area contributed by atoms with Crippen LogP contribution in [0.2, 0.25) is 0 Å². The maximum Gasteiger partial charge on any atom is 0.407 e. The predicted octanol–water partition coefficient (Wildman–Crippen LogP) is 2.62. The highest BCUT2D eigenvalue weighted by Crippen LogP contribution is 2.44. The Morgan fingerprint density at radius 1 is 0.968 bits per heavy atom. The van der Waals surface area contributed by atoms with Crippen LogP contribution in [0.5, 0.6) is 0 Å². The van der Waals surface area contributed by atoms with Crippen molar-refractivity contribution in [1.29, 1.82) is 0 Å². The van der Waals surface area contributed by atoms with Gasteiger partial charge in [0.05, 0.1) is 0 Å². The molecule has 0 bridgehead atoms. The van der Waals surface area contributed by atoms with E-state index in [1.165, 1.54) is 0 Å². The first-order valence-corrected chi connectivity index (χ1v) is 10.2. The van der Waals surface area contributed by atoms with Gasteiger partial charge in [-0.2, -0.15) is 0 Å². The van der Waals surface area contributed by atoms with Gasteiger partial charge in [0.2, 0.25) is 5.91 Å². The van der Waals surface area contributed by atoms with Gasteiger partial charge in [0.15, 0.2) is 5.60 Å². The van der Waals surface area contributed by atoms with Crippen molar-refractivity contribution in [2.45, 2.75) is 30.8 Å². The summed E-state index contributed by atoms with van der Waals surface area (Å²) in [5.74, 6) is -1.58. The maximum atomic E-state index is 12.1. The molecule has 2 aromatic rings. The Balaban J connectivity index is 1.23. The molecule has 8 nitrogen and oxygen atoms in total. The number of carboxylic acids is 1. The second-order valence-electron chi connectivity index (χ2n) is 7.72. The summed E-state index contributed by atoms with van der Waals surface area (Å²) < 4.78 is 10.7. The zero-order valence-electron chi connectivity index (χ0n) is 16.9. The summed E-state index contributed by atoms with van der Waals surface area (Å²) in [6.45, 7) is -0.358. The van der Waals surface area contributed by atoms with Crippen molar-refractivity contribution < 1.29 is 29.0 Å². The summed E-state index contributed by atoms with van der Waals surface area (Å²) >= 11 is 0. The fourth-order valence-corrected chi connectivity index (χ4v) is 4.04. The van der Waals surface area contributed by atoms with Crippen molar-refractivity contribution in [1.82, 2.24) is 10.6 Å². The van der Waals surface area contributed by atoms with Gasteiger partial charge < -0.3 is 25.2 Å². The van der Waals surface area contributed by atoms with Crippen molar-refractivity contribution in [3.63, 3.8) is 0 Å². The fraction of sp³-hybridized carbons (Fsp3) is 0.348. The van der Waals surface area contributed by atoms with E-state index in [2.05, 4.69) is 22.8 Å². The molecule has 2 aromatic carbocycles. The summed E-state index contributed by atoms with van der Waals surface area (Å²) in [7, 11) is 0. The molecule has 0 radical (unpaired) electrons. The number of rotatable bonds is 8. The standard InChI is InChI=1S/C23H24N2O6/c26-20(25-14-31-23(21(27)28)10-5-11-23)12-24-22(29)30-13-19-17-8-3-1-6-15(17)16-7-2-4-9-18(16)19/h1-4,6-9,19H,5,10-14H2,(H,24,29)(H,25,26)(H,27,28). The molecule has 0 saturated heterocycles. The Hall–Kier alpha value is -3.39. The Bertz CT molecular complexity index is 956. The number of alkyl carbamates (subject to hydrolysis) is 1. The molecular weight excluding hydrogens is 400 g/mol. The topological polar surface area (TPSA) is 114 Å². The van der Waals surface area contributed by atoms with Crippen LogP contribution in [0, 0.1) is 0 Å². The van der Waals surface area contributed by atoms with Crippen LogP contribution in [0.4, 0.5) is 4.79 Å². The van der Waals surface area contributed by atoms with Gasteiger partial charge in [0, 0.05) is 5.92 Å². The number of amides is 2. The van der Waals surface area contributed by atoms with E-state index in [4.69, 9.17) is 9.47 Å². The SMILES string of the molecule is O=C(CNC(=O)OCC1c2ccccc2-c2ccccc21)NCOC1(C(=O)O)CCC1. The molecule has 0 atom stereocenters. The van der Waals surface area contributed by atoms with Crippen LogP contribution in [-0.4, -0.2) is 48.6 Å². The number of ether oxygens (including phenoxy) is 2. The van der Waals surface area contributed by atoms with Crippen LogP contribution in [0.15, 0.2) is 48.5 Å². The lowest BCUT2D eigenvalue weighted by atomic mass is 9.80. The second-order valence-corrected chi connectivity index (χ2v) is 7.72. The molecule has 0 heterocycles. The lowest BCUT2D eigenvalue weighted by Crippen LogP contribution is -2.50. The molecule has 8 heteroatoms. The Morgan fingerprint density at radius 2 is 1.58 bits per heavy atom. The van der Waals surface area contributed by atoms with Crippen molar-refractivity contribution >= 4 is 18.0 Å². The summed E-state index contributed by atoms with van der Waals surface area (Å²) in [4.78, 5) is 35.2. The average molecular weight is 424 g/mol. The maximum absolute atomic E-state index is 12.1. The lowest BCUT2D eigenvalue weighted by molar-refractivity contribution is -0.180. The molecule has 2 aliphatic rings. The molecule has 4 rings (SSSR count). The molecule has 2 aliphatic carbocycles. The zero-order valence-corrected chi connectivity index (χ0v) is 16.9. The van der Waals surface area contributed by atoms with E-state index in [0.29, 0.717) is 12.8 Å². The van der Waals surface area contributed by atoms with Gasteiger partial charge in [-0.15, -0.1) is 0 Å². The number of carbonyl (C=O) groups excluding carboxylic acids is 2. The largest absolute Gasteiger partial charge is 0.479 e. The van der Waals surface area contributed by atoms with Gasteiger partial charge in [0.25, 0.3) is 0 Å². The monoisotopic (exact) mass is 424 g/mol. The molecule has 0 aromatic heterocycles. The summed E-state index contributed by atoms with van der Waals surface area (Å²) in [6, 6.07) is 16.1. The molecule has 3 N–H and O–H groups in total. The molecule has 31 heavy (non-hydrogen) atoms. The van der Waals surface area contributed by atoms with Crippen molar-refractivity contribution in [3.8, 4) is 11.1 Å². The third kappa shape index (κ3) is 4.25. The Morgan fingerprint density at radius 3 is 2.13 bits per heavy atom. The third-order valence-corrected chi connectivity index (χ3v) is 5.91. The van der Waals surface area contributed by atoms with E-state index in [-0.39, 0.29) is 25.8 Å². The molecule has 0 aliphatic heterocycles. The smallest absolute Gasteiger partial charge is 0.407 e. The molecule has 0 spiro atoms.